The molecule has 6 nitrogen and oxygen atoms in total. The predicted molar refractivity (Wildman–Crippen MR) is 110 cm³/mol. The zero-order chi connectivity index (χ0) is 18.5. The van der Waals surface area contributed by atoms with Crippen LogP contribution in [0.1, 0.15) is 25.7 Å². The van der Waals surface area contributed by atoms with Gasteiger partial charge in [0.25, 0.3) is 0 Å². The minimum Gasteiger partial charge on any atom is -0.495 e. The molecule has 0 aliphatic carbocycles. The van der Waals surface area contributed by atoms with Gasteiger partial charge in [-0.2, -0.15) is 4.98 Å². The van der Waals surface area contributed by atoms with E-state index in [-0.39, 0.29) is 0 Å². The molecular formula is C21H29N5O. The van der Waals surface area contributed by atoms with E-state index in [1.54, 1.807) is 7.11 Å². The molecule has 0 spiro atoms. The van der Waals surface area contributed by atoms with Crippen molar-refractivity contribution in [2.45, 2.75) is 25.7 Å². The van der Waals surface area contributed by atoms with Crippen molar-refractivity contribution in [2.75, 3.05) is 61.1 Å². The molecule has 0 atom stereocenters. The number of piperazine rings is 1. The normalized spacial score (nSPS) is 18.3. The van der Waals surface area contributed by atoms with Gasteiger partial charge in [-0.25, -0.2) is 4.98 Å². The number of methoxy groups -OCH3 is 1. The lowest BCUT2D eigenvalue weighted by atomic mass is 10.2. The van der Waals surface area contributed by atoms with Gasteiger partial charge in [-0.1, -0.05) is 25.0 Å². The lowest BCUT2D eigenvalue weighted by Crippen LogP contribution is -2.47. The van der Waals surface area contributed by atoms with Crippen LogP contribution in [0.25, 0.3) is 0 Å². The highest BCUT2D eigenvalue weighted by Crippen LogP contribution is 2.29. The Morgan fingerprint density at radius 1 is 0.778 bits per heavy atom. The van der Waals surface area contributed by atoms with Crippen LogP contribution in [0.3, 0.4) is 0 Å². The molecule has 2 fully saturated rings. The first-order chi connectivity index (χ1) is 13.3. The van der Waals surface area contributed by atoms with Crippen LogP contribution in [-0.2, 0) is 0 Å². The first kappa shape index (κ1) is 17.9. The van der Waals surface area contributed by atoms with E-state index in [0.717, 1.165) is 56.8 Å². The van der Waals surface area contributed by atoms with E-state index in [1.165, 1.54) is 31.4 Å². The second-order valence-electron chi connectivity index (χ2n) is 7.26. The van der Waals surface area contributed by atoms with Crippen molar-refractivity contribution < 1.29 is 4.74 Å². The molecule has 0 N–H and O–H groups in total. The molecule has 2 aliphatic heterocycles. The van der Waals surface area contributed by atoms with Crippen LogP contribution in [0.4, 0.5) is 17.5 Å². The van der Waals surface area contributed by atoms with Crippen molar-refractivity contribution in [3.8, 4) is 5.75 Å². The second-order valence-corrected chi connectivity index (χ2v) is 7.26. The molecule has 3 heterocycles. The zero-order valence-corrected chi connectivity index (χ0v) is 16.2. The fourth-order valence-electron chi connectivity index (χ4n) is 4.01. The molecular weight excluding hydrogens is 338 g/mol. The molecule has 4 rings (SSSR count). The maximum Gasteiger partial charge on any atom is 0.227 e. The highest BCUT2D eigenvalue weighted by atomic mass is 16.5. The van der Waals surface area contributed by atoms with Crippen molar-refractivity contribution in [1.29, 1.82) is 0 Å². The van der Waals surface area contributed by atoms with Gasteiger partial charge < -0.3 is 19.4 Å². The van der Waals surface area contributed by atoms with Gasteiger partial charge in [0.2, 0.25) is 5.95 Å². The number of ether oxygens (including phenoxy) is 1. The quantitative estimate of drug-likeness (QED) is 0.827. The number of rotatable bonds is 4. The van der Waals surface area contributed by atoms with Crippen LogP contribution in [0.5, 0.6) is 5.75 Å². The summed E-state index contributed by atoms with van der Waals surface area (Å²) in [7, 11) is 1.74. The number of para-hydroxylation sites is 2. The number of hydrogen-bond donors (Lipinski definition) is 0. The Hall–Kier alpha value is -2.50. The van der Waals surface area contributed by atoms with Crippen LogP contribution in [-0.4, -0.2) is 56.3 Å². The second kappa shape index (κ2) is 8.46. The van der Waals surface area contributed by atoms with Crippen molar-refractivity contribution in [1.82, 2.24) is 9.97 Å². The van der Waals surface area contributed by atoms with E-state index >= 15 is 0 Å². The summed E-state index contributed by atoms with van der Waals surface area (Å²) < 4.78 is 5.52. The van der Waals surface area contributed by atoms with Gasteiger partial charge in [-0.3, -0.25) is 0 Å². The number of nitrogens with zero attached hydrogens (tertiary/aromatic N) is 5. The van der Waals surface area contributed by atoms with Crippen LogP contribution >= 0.6 is 0 Å². The highest BCUT2D eigenvalue weighted by molar-refractivity contribution is 5.59. The topological polar surface area (TPSA) is 44.7 Å². The van der Waals surface area contributed by atoms with Gasteiger partial charge in [0.05, 0.1) is 12.8 Å². The monoisotopic (exact) mass is 367 g/mol. The van der Waals surface area contributed by atoms with Gasteiger partial charge in [0.15, 0.2) is 0 Å². The maximum absolute atomic E-state index is 5.52. The van der Waals surface area contributed by atoms with Crippen molar-refractivity contribution in [3.63, 3.8) is 0 Å². The summed E-state index contributed by atoms with van der Waals surface area (Å²) >= 11 is 0. The molecule has 1 aromatic heterocycles. The molecule has 2 saturated heterocycles. The Bertz CT molecular complexity index is 737. The van der Waals surface area contributed by atoms with Crippen molar-refractivity contribution in [2.24, 2.45) is 0 Å². The number of hydrogen-bond acceptors (Lipinski definition) is 6. The third kappa shape index (κ3) is 4.10. The molecule has 0 unspecified atom stereocenters. The van der Waals surface area contributed by atoms with E-state index in [2.05, 4.69) is 31.8 Å². The molecule has 1 aromatic carbocycles. The minimum absolute atomic E-state index is 0.890. The lowest BCUT2D eigenvalue weighted by Gasteiger charge is -2.37. The number of aromatic nitrogens is 2. The summed E-state index contributed by atoms with van der Waals surface area (Å²) in [6, 6.07) is 10.3. The van der Waals surface area contributed by atoms with Gasteiger partial charge in [-0.05, 0) is 31.0 Å². The third-order valence-electron chi connectivity index (χ3n) is 5.55. The van der Waals surface area contributed by atoms with E-state index in [0.29, 0.717) is 0 Å². The number of benzene rings is 1. The largest absolute Gasteiger partial charge is 0.495 e. The van der Waals surface area contributed by atoms with E-state index < -0.39 is 0 Å². The molecule has 0 amide bonds. The van der Waals surface area contributed by atoms with E-state index in [1.807, 2.05) is 24.4 Å². The maximum atomic E-state index is 5.52. The average molecular weight is 367 g/mol. The summed E-state index contributed by atoms with van der Waals surface area (Å²) in [6.45, 7) is 5.98. The molecule has 144 valence electrons. The predicted octanol–water partition coefficient (Wildman–Crippen LogP) is 3.19. The van der Waals surface area contributed by atoms with E-state index in [9.17, 15) is 0 Å². The van der Waals surface area contributed by atoms with Crippen molar-refractivity contribution in [3.05, 3.63) is 36.5 Å². The summed E-state index contributed by atoms with van der Waals surface area (Å²) in [5.41, 5.74) is 1.17. The van der Waals surface area contributed by atoms with Gasteiger partial charge in [0.1, 0.15) is 11.6 Å². The average Bonchev–Trinajstić information content (AvgIpc) is 3.04. The smallest absolute Gasteiger partial charge is 0.227 e. The molecule has 0 saturated carbocycles. The first-order valence-electron chi connectivity index (χ1n) is 10.1. The summed E-state index contributed by atoms with van der Waals surface area (Å²) in [6.07, 6.45) is 7.04. The molecule has 2 aromatic rings. The Morgan fingerprint density at radius 3 is 2.22 bits per heavy atom. The van der Waals surface area contributed by atoms with Crippen LogP contribution in [0, 0.1) is 0 Å². The van der Waals surface area contributed by atoms with Crippen LogP contribution in [0.15, 0.2) is 36.5 Å². The van der Waals surface area contributed by atoms with Gasteiger partial charge in [0, 0.05) is 45.5 Å². The molecule has 0 radical (unpaired) electrons. The van der Waals surface area contributed by atoms with Gasteiger partial charge in [-0.15, -0.1) is 0 Å². The molecule has 6 heteroatoms. The fraction of sp³-hybridized carbons (Fsp3) is 0.524. The summed E-state index contributed by atoms with van der Waals surface area (Å²) in [4.78, 5) is 16.6. The van der Waals surface area contributed by atoms with Crippen LogP contribution in [0.2, 0.25) is 0 Å². The standard InChI is InChI=1S/C21H29N5O/c1-27-19-9-5-4-8-18(19)24-14-16-25(17-15-24)20-10-11-22-21(23-20)26-12-6-2-3-7-13-26/h4-5,8-11H,2-3,6-7,12-17H2,1H3. The first-order valence-corrected chi connectivity index (χ1v) is 10.1. The summed E-state index contributed by atoms with van der Waals surface area (Å²) in [5, 5.41) is 0. The number of anilines is 3. The zero-order valence-electron chi connectivity index (χ0n) is 16.2. The Balaban J connectivity index is 1.43. The van der Waals surface area contributed by atoms with Crippen molar-refractivity contribution >= 4 is 17.5 Å². The highest BCUT2D eigenvalue weighted by Gasteiger charge is 2.21. The van der Waals surface area contributed by atoms with Crippen LogP contribution < -0.4 is 19.4 Å². The Kier molecular flexibility index (Phi) is 5.61. The molecule has 0 bridgehead atoms. The minimum atomic E-state index is 0.890. The molecule has 2 aliphatic rings. The SMILES string of the molecule is COc1ccccc1N1CCN(c2ccnc(N3CCCCCC3)n2)CC1. The summed E-state index contributed by atoms with van der Waals surface area (Å²) in [5.74, 6) is 2.88. The van der Waals surface area contributed by atoms with Gasteiger partial charge >= 0.3 is 0 Å². The fourth-order valence-corrected chi connectivity index (χ4v) is 4.01. The lowest BCUT2D eigenvalue weighted by molar-refractivity contribution is 0.413. The Morgan fingerprint density at radius 2 is 1.48 bits per heavy atom. The van der Waals surface area contributed by atoms with E-state index in [4.69, 9.17) is 9.72 Å². The third-order valence-corrected chi connectivity index (χ3v) is 5.55. The molecule has 27 heavy (non-hydrogen) atoms. The Labute approximate surface area is 161 Å².